The molecule has 208 valence electrons. The molecule has 2 aliphatic heterocycles. The number of amides is 1. The molecule has 0 spiro atoms. The fourth-order valence-corrected chi connectivity index (χ4v) is 6.47. The van der Waals surface area contributed by atoms with E-state index < -0.39 is 0 Å². The zero-order valence-corrected chi connectivity index (χ0v) is 24.6. The van der Waals surface area contributed by atoms with Crippen LogP contribution in [0.25, 0.3) is 22.3 Å². The van der Waals surface area contributed by atoms with Crippen LogP contribution < -0.4 is 9.80 Å². The molecule has 7 heteroatoms. The molecule has 2 aliphatic rings. The van der Waals surface area contributed by atoms with Gasteiger partial charge in [-0.3, -0.25) is 4.79 Å². The van der Waals surface area contributed by atoms with Crippen molar-refractivity contribution < 1.29 is 4.79 Å². The molecule has 40 heavy (non-hydrogen) atoms. The standard InChI is InChI=1S/C33H40N6O/c1-20(2)25-11-10-21(3)30(16-25)37-13-12-28-27(19-37)33(38-14-15-39(24(6)40)23(5)18-38)36-32(35-28)26-8-7-9-29-31(26)22(4)17-34-29/h7-11,16-17,20,23,34H,12-15,18-19H2,1-6H3. The molecule has 7 nitrogen and oxygen atoms in total. The number of nitrogens with one attached hydrogen (secondary N) is 1. The van der Waals surface area contributed by atoms with Gasteiger partial charge in [-0.15, -0.1) is 0 Å². The molecule has 2 aromatic carbocycles. The highest BCUT2D eigenvalue weighted by molar-refractivity contribution is 5.96. The summed E-state index contributed by atoms with van der Waals surface area (Å²) < 4.78 is 0. The highest BCUT2D eigenvalue weighted by atomic mass is 16.2. The lowest BCUT2D eigenvalue weighted by molar-refractivity contribution is -0.131. The first kappa shape index (κ1) is 26.4. The molecule has 2 aromatic heterocycles. The molecule has 1 atom stereocenters. The Morgan fingerprint density at radius 1 is 1.02 bits per heavy atom. The number of rotatable bonds is 4. The molecule has 1 saturated heterocycles. The van der Waals surface area contributed by atoms with Crippen LogP contribution in [0.15, 0.2) is 42.6 Å². The van der Waals surface area contributed by atoms with Crippen LogP contribution in [-0.4, -0.2) is 58.0 Å². The number of aromatic amines is 1. The molecule has 1 amide bonds. The summed E-state index contributed by atoms with van der Waals surface area (Å²) in [4.78, 5) is 33.0. The predicted octanol–water partition coefficient (Wildman–Crippen LogP) is 5.98. The van der Waals surface area contributed by atoms with Crippen molar-refractivity contribution in [2.45, 2.75) is 66.5 Å². The zero-order chi connectivity index (χ0) is 28.1. The fraction of sp³-hybridized carbons (Fsp3) is 0.424. The summed E-state index contributed by atoms with van der Waals surface area (Å²) in [7, 11) is 0. The van der Waals surface area contributed by atoms with E-state index in [1.54, 1.807) is 6.92 Å². The summed E-state index contributed by atoms with van der Waals surface area (Å²) in [5.74, 6) is 2.42. The smallest absolute Gasteiger partial charge is 0.219 e. The average Bonchev–Trinajstić information content (AvgIpc) is 3.33. The predicted molar refractivity (Wildman–Crippen MR) is 163 cm³/mol. The fourth-order valence-electron chi connectivity index (χ4n) is 6.47. The number of hydrogen-bond acceptors (Lipinski definition) is 5. The van der Waals surface area contributed by atoms with E-state index in [4.69, 9.17) is 9.97 Å². The van der Waals surface area contributed by atoms with Gasteiger partial charge in [-0.1, -0.05) is 38.1 Å². The third-order valence-electron chi connectivity index (χ3n) is 8.75. The number of carbonyl (C=O) groups excluding carboxylic acids is 1. The summed E-state index contributed by atoms with van der Waals surface area (Å²) in [6, 6.07) is 13.3. The lowest BCUT2D eigenvalue weighted by Gasteiger charge is -2.42. The average molecular weight is 537 g/mol. The minimum atomic E-state index is 0.125. The molecular weight excluding hydrogens is 496 g/mol. The van der Waals surface area contributed by atoms with Crippen LogP contribution >= 0.6 is 0 Å². The summed E-state index contributed by atoms with van der Waals surface area (Å²) in [5, 5.41) is 1.18. The van der Waals surface area contributed by atoms with Crippen LogP contribution in [0.3, 0.4) is 0 Å². The van der Waals surface area contributed by atoms with Crippen molar-refractivity contribution in [2.75, 3.05) is 36.0 Å². The second kappa shape index (κ2) is 10.3. The Balaban J connectivity index is 1.45. The van der Waals surface area contributed by atoms with E-state index >= 15 is 0 Å². The van der Waals surface area contributed by atoms with Crippen molar-refractivity contribution >= 4 is 28.3 Å². The molecule has 0 bridgehead atoms. The Hall–Kier alpha value is -3.87. The maximum Gasteiger partial charge on any atom is 0.219 e. The summed E-state index contributed by atoms with van der Waals surface area (Å²) in [6.45, 7) is 16.6. The number of aryl methyl sites for hydroxylation is 2. The summed E-state index contributed by atoms with van der Waals surface area (Å²) in [6.07, 6.45) is 2.93. The number of fused-ring (bicyclic) bond motifs is 2. The van der Waals surface area contributed by atoms with Gasteiger partial charge in [0.15, 0.2) is 5.82 Å². The van der Waals surface area contributed by atoms with E-state index in [-0.39, 0.29) is 11.9 Å². The van der Waals surface area contributed by atoms with Crippen LogP contribution in [0.1, 0.15) is 61.6 Å². The van der Waals surface area contributed by atoms with Crippen LogP contribution in [0.2, 0.25) is 0 Å². The van der Waals surface area contributed by atoms with Gasteiger partial charge in [0.2, 0.25) is 5.91 Å². The first-order valence-corrected chi connectivity index (χ1v) is 14.6. The second-order valence-corrected chi connectivity index (χ2v) is 11.9. The van der Waals surface area contributed by atoms with Gasteiger partial charge in [-0.2, -0.15) is 0 Å². The van der Waals surface area contributed by atoms with E-state index in [0.29, 0.717) is 12.5 Å². The molecule has 1 unspecified atom stereocenters. The van der Waals surface area contributed by atoms with Gasteiger partial charge in [0.05, 0.1) is 5.69 Å². The Labute approximate surface area is 237 Å². The van der Waals surface area contributed by atoms with Gasteiger partial charge >= 0.3 is 0 Å². The third-order valence-corrected chi connectivity index (χ3v) is 8.75. The van der Waals surface area contributed by atoms with Crippen LogP contribution in [0.4, 0.5) is 11.5 Å². The van der Waals surface area contributed by atoms with Gasteiger partial charge in [0.25, 0.3) is 0 Å². The number of carbonyl (C=O) groups is 1. The largest absolute Gasteiger partial charge is 0.366 e. The van der Waals surface area contributed by atoms with E-state index in [9.17, 15) is 4.79 Å². The van der Waals surface area contributed by atoms with E-state index in [1.807, 2.05) is 4.90 Å². The maximum atomic E-state index is 12.2. The quantitative estimate of drug-likeness (QED) is 0.347. The van der Waals surface area contributed by atoms with Crippen LogP contribution in [0, 0.1) is 13.8 Å². The van der Waals surface area contributed by atoms with Crippen molar-refractivity contribution in [1.82, 2.24) is 19.9 Å². The lowest BCUT2D eigenvalue weighted by Crippen LogP contribution is -2.54. The highest BCUT2D eigenvalue weighted by Crippen LogP contribution is 2.36. The molecule has 1 N–H and O–H groups in total. The molecule has 6 rings (SSSR count). The molecule has 4 heterocycles. The Morgan fingerprint density at radius 3 is 2.60 bits per heavy atom. The van der Waals surface area contributed by atoms with Crippen LogP contribution in [0.5, 0.6) is 0 Å². The molecule has 1 fully saturated rings. The lowest BCUT2D eigenvalue weighted by atomic mass is 9.98. The second-order valence-electron chi connectivity index (χ2n) is 11.9. The number of aromatic nitrogens is 3. The Kier molecular flexibility index (Phi) is 6.77. The van der Waals surface area contributed by atoms with Crippen molar-refractivity contribution in [3.63, 3.8) is 0 Å². The van der Waals surface area contributed by atoms with Gasteiger partial charge in [-0.05, 0) is 55.5 Å². The summed E-state index contributed by atoms with van der Waals surface area (Å²) in [5.41, 5.74) is 9.68. The van der Waals surface area contributed by atoms with Gasteiger partial charge in [-0.25, -0.2) is 9.97 Å². The van der Waals surface area contributed by atoms with Crippen molar-refractivity contribution in [1.29, 1.82) is 0 Å². The number of nitrogens with zero attached hydrogens (tertiary/aromatic N) is 5. The number of hydrogen-bond donors (Lipinski definition) is 1. The SMILES string of the molecule is CC(=O)N1CCN(c2nc(-c3cccc4[nH]cc(C)c34)nc3c2CN(c2cc(C(C)C)ccc2C)CC3)CC1C. The third kappa shape index (κ3) is 4.61. The van der Waals surface area contributed by atoms with E-state index in [1.165, 1.54) is 33.3 Å². The van der Waals surface area contributed by atoms with Crippen molar-refractivity contribution in [3.05, 3.63) is 70.5 Å². The first-order chi connectivity index (χ1) is 19.2. The van der Waals surface area contributed by atoms with Crippen molar-refractivity contribution in [3.8, 4) is 11.4 Å². The maximum absolute atomic E-state index is 12.2. The molecule has 0 radical (unpaired) electrons. The molecular formula is C33H40N6O. The Bertz CT molecular complexity index is 1590. The van der Waals surface area contributed by atoms with E-state index in [0.717, 1.165) is 61.0 Å². The molecule has 0 saturated carbocycles. The summed E-state index contributed by atoms with van der Waals surface area (Å²) >= 11 is 0. The number of benzene rings is 2. The Morgan fingerprint density at radius 2 is 1.85 bits per heavy atom. The highest BCUT2D eigenvalue weighted by Gasteiger charge is 2.31. The molecule has 4 aromatic rings. The van der Waals surface area contributed by atoms with Crippen LogP contribution in [-0.2, 0) is 17.8 Å². The van der Waals surface area contributed by atoms with Gasteiger partial charge in [0, 0.05) is 86.0 Å². The normalized spacial score (nSPS) is 17.6. The van der Waals surface area contributed by atoms with Gasteiger partial charge in [0.1, 0.15) is 5.82 Å². The monoisotopic (exact) mass is 536 g/mol. The topological polar surface area (TPSA) is 68.4 Å². The first-order valence-electron chi connectivity index (χ1n) is 14.6. The van der Waals surface area contributed by atoms with Gasteiger partial charge < -0.3 is 19.7 Å². The molecule has 0 aliphatic carbocycles. The number of piperazine rings is 1. The number of anilines is 2. The van der Waals surface area contributed by atoms with Crippen molar-refractivity contribution in [2.24, 2.45) is 0 Å². The minimum absolute atomic E-state index is 0.125. The number of H-pyrrole nitrogens is 1. The minimum Gasteiger partial charge on any atom is -0.366 e. The van der Waals surface area contributed by atoms with E-state index in [2.05, 4.69) is 92.0 Å². The zero-order valence-electron chi connectivity index (χ0n) is 24.6.